The summed E-state index contributed by atoms with van der Waals surface area (Å²) in [5, 5.41) is 8.51. The van der Waals surface area contributed by atoms with Crippen molar-refractivity contribution in [2.45, 2.75) is 13.8 Å². The normalized spacial score (nSPS) is 10.9. The van der Waals surface area contributed by atoms with Gasteiger partial charge in [0.1, 0.15) is 5.75 Å². The molecule has 0 aromatic heterocycles. The van der Waals surface area contributed by atoms with E-state index in [9.17, 15) is 14.4 Å². The van der Waals surface area contributed by atoms with E-state index in [1.807, 2.05) is 50.2 Å². The van der Waals surface area contributed by atoms with Crippen molar-refractivity contribution in [3.05, 3.63) is 106 Å². The van der Waals surface area contributed by atoms with Crippen LogP contribution < -0.4 is 15.5 Å². The first-order valence-electron chi connectivity index (χ1n) is 11.0. The maximum absolute atomic E-state index is 12.7. The first-order valence-corrected chi connectivity index (χ1v) is 11.4. The Hall–Kier alpha value is -4.49. The van der Waals surface area contributed by atoms with E-state index in [1.165, 1.54) is 6.21 Å². The Labute approximate surface area is 212 Å². The van der Waals surface area contributed by atoms with Crippen LogP contribution in [0.15, 0.2) is 84.0 Å². The van der Waals surface area contributed by atoms with Crippen molar-refractivity contribution in [3.8, 4) is 5.75 Å². The molecule has 4 aromatic carbocycles. The number of benzene rings is 4. The minimum Gasteiger partial charge on any atom is -0.422 e. The molecule has 180 valence electrons. The van der Waals surface area contributed by atoms with Gasteiger partial charge in [-0.2, -0.15) is 5.10 Å². The number of rotatable bonds is 5. The third kappa shape index (κ3) is 5.76. The van der Waals surface area contributed by atoms with Crippen LogP contribution in [-0.2, 0) is 9.59 Å². The molecule has 7 nitrogen and oxygen atoms in total. The maximum atomic E-state index is 12.7. The number of halogens is 1. The standard InChI is InChI=1S/C28H22ClN3O4/c1-17-6-5-8-20(14-17)28(35)36-25-13-11-19-7-3-4-9-22(19)23(25)16-30-32-27(34)26(33)31-21-12-10-18(2)24(29)15-21/h3-16H,1-2H3,(H,31,33)(H,32,34)/b30-16+. The van der Waals surface area contributed by atoms with E-state index in [-0.39, 0.29) is 5.75 Å². The fourth-order valence-electron chi connectivity index (χ4n) is 3.49. The van der Waals surface area contributed by atoms with Gasteiger partial charge >= 0.3 is 17.8 Å². The fourth-order valence-corrected chi connectivity index (χ4v) is 3.67. The molecule has 0 atom stereocenters. The van der Waals surface area contributed by atoms with E-state index in [4.69, 9.17) is 16.3 Å². The van der Waals surface area contributed by atoms with Gasteiger partial charge in [-0.15, -0.1) is 0 Å². The lowest BCUT2D eigenvalue weighted by Crippen LogP contribution is -2.32. The molecule has 0 unspecified atom stereocenters. The van der Waals surface area contributed by atoms with E-state index in [1.54, 1.807) is 42.5 Å². The topological polar surface area (TPSA) is 96.9 Å². The summed E-state index contributed by atoms with van der Waals surface area (Å²) in [6, 6.07) is 22.9. The van der Waals surface area contributed by atoms with Gasteiger partial charge in [-0.1, -0.05) is 65.7 Å². The Bertz CT molecular complexity index is 1510. The number of hydrazone groups is 1. The number of amides is 2. The Morgan fingerprint density at radius 2 is 1.69 bits per heavy atom. The lowest BCUT2D eigenvalue weighted by molar-refractivity contribution is -0.136. The van der Waals surface area contributed by atoms with Gasteiger partial charge in [0, 0.05) is 16.3 Å². The highest BCUT2D eigenvalue weighted by Gasteiger charge is 2.16. The second kappa shape index (κ2) is 10.8. The highest BCUT2D eigenvalue weighted by atomic mass is 35.5. The minimum atomic E-state index is -0.971. The lowest BCUT2D eigenvalue weighted by Gasteiger charge is -2.11. The second-order valence-electron chi connectivity index (χ2n) is 8.07. The van der Waals surface area contributed by atoms with Crippen LogP contribution in [0.25, 0.3) is 10.8 Å². The average molecular weight is 500 g/mol. The Kier molecular flexibility index (Phi) is 7.42. The summed E-state index contributed by atoms with van der Waals surface area (Å²) in [7, 11) is 0. The summed E-state index contributed by atoms with van der Waals surface area (Å²) in [6.45, 7) is 3.71. The van der Waals surface area contributed by atoms with E-state index < -0.39 is 17.8 Å². The first kappa shape index (κ1) is 24.6. The number of esters is 1. The summed E-state index contributed by atoms with van der Waals surface area (Å²) >= 11 is 6.06. The number of fused-ring (bicyclic) bond motifs is 1. The quantitative estimate of drug-likeness (QED) is 0.126. The molecule has 0 aliphatic carbocycles. The van der Waals surface area contributed by atoms with Crippen LogP contribution in [-0.4, -0.2) is 24.0 Å². The van der Waals surface area contributed by atoms with E-state index >= 15 is 0 Å². The van der Waals surface area contributed by atoms with Crippen molar-refractivity contribution in [2.24, 2.45) is 5.10 Å². The second-order valence-corrected chi connectivity index (χ2v) is 8.48. The average Bonchev–Trinajstić information content (AvgIpc) is 2.87. The summed E-state index contributed by atoms with van der Waals surface area (Å²) in [4.78, 5) is 37.3. The van der Waals surface area contributed by atoms with Crippen LogP contribution in [0.4, 0.5) is 5.69 Å². The van der Waals surface area contributed by atoms with Gasteiger partial charge in [-0.25, -0.2) is 10.2 Å². The molecule has 4 rings (SSSR count). The van der Waals surface area contributed by atoms with Gasteiger partial charge in [0.2, 0.25) is 0 Å². The fraction of sp³-hybridized carbons (Fsp3) is 0.0714. The molecule has 0 aliphatic rings. The molecule has 0 saturated carbocycles. The number of anilines is 1. The molecule has 0 aliphatic heterocycles. The summed E-state index contributed by atoms with van der Waals surface area (Å²) in [5.74, 6) is -2.14. The number of aryl methyl sites for hydroxylation is 2. The van der Waals surface area contributed by atoms with Gasteiger partial charge in [-0.05, 0) is 60.5 Å². The highest BCUT2D eigenvalue weighted by Crippen LogP contribution is 2.27. The van der Waals surface area contributed by atoms with Crippen molar-refractivity contribution in [2.75, 3.05) is 5.32 Å². The highest BCUT2D eigenvalue weighted by molar-refractivity contribution is 6.40. The Morgan fingerprint density at radius 1 is 0.889 bits per heavy atom. The predicted octanol–water partition coefficient (Wildman–Crippen LogP) is 5.42. The summed E-state index contributed by atoms with van der Waals surface area (Å²) < 4.78 is 5.66. The zero-order chi connectivity index (χ0) is 25.7. The van der Waals surface area contributed by atoms with Crippen LogP contribution in [0.5, 0.6) is 5.75 Å². The Morgan fingerprint density at radius 3 is 2.47 bits per heavy atom. The van der Waals surface area contributed by atoms with Gasteiger partial charge in [0.15, 0.2) is 0 Å². The van der Waals surface area contributed by atoms with E-state index in [0.29, 0.717) is 21.8 Å². The maximum Gasteiger partial charge on any atom is 0.343 e. The van der Waals surface area contributed by atoms with Gasteiger partial charge in [-0.3, -0.25) is 9.59 Å². The van der Waals surface area contributed by atoms with Gasteiger partial charge in [0.05, 0.1) is 11.8 Å². The van der Waals surface area contributed by atoms with E-state index in [0.717, 1.165) is 21.9 Å². The molecule has 0 heterocycles. The molecule has 0 fully saturated rings. The first-order chi connectivity index (χ1) is 17.3. The molecule has 0 saturated heterocycles. The number of carbonyl (C=O) groups excluding carboxylic acids is 3. The van der Waals surface area contributed by atoms with Crippen LogP contribution in [0, 0.1) is 13.8 Å². The summed E-state index contributed by atoms with van der Waals surface area (Å²) in [5.41, 5.74) is 5.25. The molecular formula is C28H22ClN3O4. The van der Waals surface area contributed by atoms with Crippen molar-refractivity contribution in [1.82, 2.24) is 5.43 Å². The van der Waals surface area contributed by atoms with Crippen LogP contribution in [0.1, 0.15) is 27.0 Å². The number of carbonyl (C=O) groups is 3. The van der Waals surface area contributed by atoms with Crippen molar-refractivity contribution in [1.29, 1.82) is 0 Å². The van der Waals surface area contributed by atoms with Crippen molar-refractivity contribution in [3.63, 3.8) is 0 Å². The molecular weight excluding hydrogens is 478 g/mol. The molecule has 0 spiro atoms. The van der Waals surface area contributed by atoms with E-state index in [2.05, 4.69) is 15.8 Å². The number of hydrogen-bond acceptors (Lipinski definition) is 5. The van der Waals surface area contributed by atoms with Crippen LogP contribution >= 0.6 is 11.6 Å². The largest absolute Gasteiger partial charge is 0.422 e. The molecule has 0 radical (unpaired) electrons. The van der Waals surface area contributed by atoms with Crippen molar-refractivity contribution >= 4 is 52.1 Å². The third-order valence-electron chi connectivity index (χ3n) is 5.38. The molecule has 2 amide bonds. The Balaban J connectivity index is 1.53. The monoisotopic (exact) mass is 499 g/mol. The molecule has 2 N–H and O–H groups in total. The van der Waals surface area contributed by atoms with Crippen LogP contribution in [0.2, 0.25) is 5.02 Å². The molecule has 36 heavy (non-hydrogen) atoms. The summed E-state index contributed by atoms with van der Waals surface area (Å²) in [6.07, 6.45) is 1.34. The number of ether oxygens (including phenoxy) is 1. The smallest absolute Gasteiger partial charge is 0.343 e. The molecule has 8 heteroatoms. The number of hydrogen-bond donors (Lipinski definition) is 2. The predicted molar refractivity (Wildman–Crippen MR) is 141 cm³/mol. The zero-order valence-corrected chi connectivity index (χ0v) is 20.3. The number of nitrogens with zero attached hydrogens (tertiary/aromatic N) is 1. The third-order valence-corrected chi connectivity index (χ3v) is 5.79. The zero-order valence-electron chi connectivity index (χ0n) is 19.5. The lowest BCUT2D eigenvalue weighted by atomic mass is 10.0. The number of nitrogens with one attached hydrogen (secondary N) is 2. The van der Waals surface area contributed by atoms with Crippen LogP contribution in [0.3, 0.4) is 0 Å². The molecule has 4 aromatic rings. The molecule has 0 bridgehead atoms. The van der Waals surface area contributed by atoms with Gasteiger partial charge in [0.25, 0.3) is 0 Å². The SMILES string of the molecule is Cc1cccc(C(=O)Oc2ccc3ccccc3c2/C=N/NC(=O)C(=O)Nc2ccc(C)c(Cl)c2)c1. The van der Waals surface area contributed by atoms with Gasteiger partial charge < -0.3 is 10.1 Å². The van der Waals surface area contributed by atoms with Crippen molar-refractivity contribution < 1.29 is 19.1 Å². The minimum absolute atomic E-state index is 0.261.